The molecule has 25 heavy (non-hydrogen) atoms. The maximum absolute atomic E-state index is 5.69. The van der Waals surface area contributed by atoms with E-state index in [4.69, 9.17) is 4.74 Å². The monoisotopic (exact) mass is 345 g/mol. The minimum absolute atomic E-state index is 0.126. The summed E-state index contributed by atoms with van der Waals surface area (Å²) < 4.78 is 5.69. The van der Waals surface area contributed by atoms with Gasteiger partial charge in [-0.25, -0.2) is 0 Å². The van der Waals surface area contributed by atoms with E-state index in [9.17, 15) is 0 Å². The summed E-state index contributed by atoms with van der Waals surface area (Å²) in [5.74, 6) is 1.57. The highest BCUT2D eigenvalue weighted by Gasteiger charge is 2.40. The Hall–Kier alpha value is -1.40. The summed E-state index contributed by atoms with van der Waals surface area (Å²) in [7, 11) is 2.32. The fraction of sp³-hybridized carbons (Fsp3) is 0.789. The van der Waals surface area contributed by atoms with Gasteiger partial charge in [0.25, 0.3) is 0 Å². The second-order valence-corrected chi connectivity index (χ2v) is 8.08. The molecule has 1 aromatic heterocycles. The first-order valence-electron chi connectivity index (χ1n) is 9.80. The highest BCUT2D eigenvalue weighted by Crippen LogP contribution is 2.36. The Morgan fingerprint density at radius 3 is 2.32 bits per heavy atom. The van der Waals surface area contributed by atoms with Gasteiger partial charge < -0.3 is 14.5 Å². The third kappa shape index (κ3) is 3.60. The van der Waals surface area contributed by atoms with Crippen LogP contribution < -0.4 is 9.64 Å². The van der Waals surface area contributed by atoms with Crippen molar-refractivity contribution < 1.29 is 4.74 Å². The van der Waals surface area contributed by atoms with Crippen LogP contribution in [0.3, 0.4) is 0 Å². The number of aromatic nitrogens is 2. The summed E-state index contributed by atoms with van der Waals surface area (Å²) in [6.07, 6.45) is 9.19. The summed E-state index contributed by atoms with van der Waals surface area (Å²) in [6, 6.07) is 2.41. The predicted molar refractivity (Wildman–Crippen MR) is 99.2 cm³/mol. The lowest BCUT2D eigenvalue weighted by Gasteiger charge is -2.45. The quantitative estimate of drug-likeness (QED) is 0.832. The third-order valence-corrected chi connectivity index (χ3v) is 6.18. The van der Waals surface area contributed by atoms with E-state index in [0.29, 0.717) is 5.88 Å². The highest BCUT2D eigenvalue weighted by atomic mass is 16.5. The molecule has 0 aliphatic carbocycles. The fourth-order valence-electron chi connectivity index (χ4n) is 4.79. The van der Waals surface area contributed by atoms with E-state index in [1.807, 2.05) is 20.0 Å². The molecule has 0 N–H and O–H groups in total. The summed E-state index contributed by atoms with van der Waals surface area (Å²) in [6.45, 7) is 8.35. The number of hydrogen-bond acceptors (Lipinski definition) is 6. The van der Waals surface area contributed by atoms with Crippen LogP contribution in [0.1, 0.15) is 39.5 Å². The zero-order valence-electron chi connectivity index (χ0n) is 15.8. The number of hydrogen-bond donors (Lipinski definition) is 0. The van der Waals surface area contributed by atoms with Crippen molar-refractivity contribution in [3.8, 4) is 5.88 Å². The summed E-state index contributed by atoms with van der Waals surface area (Å²) in [4.78, 5) is 16.6. The van der Waals surface area contributed by atoms with Crippen LogP contribution >= 0.6 is 0 Å². The average Bonchev–Trinajstić information content (AvgIpc) is 2.83. The Morgan fingerprint density at radius 1 is 1.00 bits per heavy atom. The molecule has 0 spiro atoms. The van der Waals surface area contributed by atoms with Crippen molar-refractivity contribution in [3.63, 3.8) is 0 Å². The fourth-order valence-corrected chi connectivity index (χ4v) is 4.79. The lowest BCUT2D eigenvalue weighted by Crippen LogP contribution is -2.55. The van der Waals surface area contributed by atoms with E-state index in [1.165, 1.54) is 25.7 Å². The molecule has 6 heteroatoms. The molecule has 0 amide bonds. The summed E-state index contributed by atoms with van der Waals surface area (Å²) in [5, 5.41) is 0. The van der Waals surface area contributed by atoms with Gasteiger partial charge in [0.2, 0.25) is 5.88 Å². The van der Waals surface area contributed by atoms with Gasteiger partial charge in [-0.1, -0.05) is 0 Å². The van der Waals surface area contributed by atoms with Crippen molar-refractivity contribution in [2.75, 3.05) is 38.1 Å². The first-order valence-corrected chi connectivity index (χ1v) is 9.80. The lowest BCUT2D eigenvalue weighted by molar-refractivity contribution is 0.0718. The molecule has 3 saturated heterocycles. The minimum atomic E-state index is 0.126. The van der Waals surface area contributed by atoms with Gasteiger partial charge in [-0.05, 0) is 46.6 Å². The van der Waals surface area contributed by atoms with Gasteiger partial charge in [-0.15, -0.1) is 0 Å². The van der Waals surface area contributed by atoms with Crippen molar-refractivity contribution in [1.29, 1.82) is 0 Å². The molecular formula is C19H31N5O. The molecule has 4 heterocycles. The average molecular weight is 345 g/mol. The minimum Gasteiger partial charge on any atom is -0.474 e. The van der Waals surface area contributed by atoms with Gasteiger partial charge in [0.1, 0.15) is 0 Å². The van der Waals surface area contributed by atoms with Crippen LogP contribution in [0.5, 0.6) is 5.88 Å². The standard InChI is InChI=1S/C19H31N5O/c1-14(2)25-19-13-20-12-18(21-19)24-8-6-23(7-9-24)17-10-15-4-5-16(11-17)22(15)3/h12-17H,4-11H2,1-3H3. The molecule has 6 nitrogen and oxygen atoms in total. The van der Waals surface area contributed by atoms with Gasteiger partial charge in [0.05, 0.1) is 18.5 Å². The summed E-state index contributed by atoms with van der Waals surface area (Å²) >= 11 is 0. The van der Waals surface area contributed by atoms with Gasteiger partial charge in [0, 0.05) is 44.3 Å². The van der Waals surface area contributed by atoms with E-state index < -0.39 is 0 Å². The number of rotatable bonds is 4. The van der Waals surface area contributed by atoms with Gasteiger partial charge in [-0.2, -0.15) is 4.98 Å². The molecule has 3 fully saturated rings. The summed E-state index contributed by atoms with van der Waals surface area (Å²) in [5.41, 5.74) is 0. The van der Waals surface area contributed by atoms with Crippen LogP contribution in [0.4, 0.5) is 5.82 Å². The van der Waals surface area contributed by atoms with Crippen molar-refractivity contribution in [1.82, 2.24) is 19.8 Å². The smallest absolute Gasteiger partial charge is 0.234 e. The van der Waals surface area contributed by atoms with Crippen LogP contribution in [0.2, 0.25) is 0 Å². The largest absolute Gasteiger partial charge is 0.474 e. The number of piperazine rings is 1. The molecule has 0 saturated carbocycles. The van der Waals surface area contributed by atoms with Crippen LogP contribution in [0, 0.1) is 0 Å². The van der Waals surface area contributed by atoms with Crippen molar-refractivity contribution in [3.05, 3.63) is 12.4 Å². The van der Waals surface area contributed by atoms with Crippen LogP contribution in [-0.4, -0.2) is 77.2 Å². The molecule has 3 aliphatic heterocycles. The molecule has 0 aromatic carbocycles. The highest BCUT2D eigenvalue weighted by molar-refractivity contribution is 5.38. The third-order valence-electron chi connectivity index (χ3n) is 6.18. The van der Waals surface area contributed by atoms with Crippen LogP contribution in [0.15, 0.2) is 12.4 Å². The second-order valence-electron chi connectivity index (χ2n) is 8.08. The van der Waals surface area contributed by atoms with E-state index in [-0.39, 0.29) is 6.10 Å². The Labute approximate surface area is 151 Å². The normalized spacial score (nSPS) is 30.9. The molecule has 2 unspecified atom stereocenters. The zero-order valence-corrected chi connectivity index (χ0v) is 15.8. The SMILES string of the molecule is CC(C)Oc1cncc(N2CCN(C3CC4CCC(C3)N4C)CC2)n1. The topological polar surface area (TPSA) is 44.7 Å². The molecule has 0 radical (unpaired) electrons. The van der Waals surface area contributed by atoms with Crippen LogP contribution in [-0.2, 0) is 0 Å². The van der Waals surface area contributed by atoms with E-state index in [1.54, 1.807) is 6.20 Å². The van der Waals surface area contributed by atoms with Crippen molar-refractivity contribution in [2.24, 2.45) is 0 Å². The Balaban J connectivity index is 1.34. The zero-order chi connectivity index (χ0) is 17.4. The predicted octanol–water partition coefficient (Wildman–Crippen LogP) is 2.01. The maximum atomic E-state index is 5.69. The first-order chi connectivity index (χ1) is 12.1. The van der Waals surface area contributed by atoms with E-state index in [2.05, 4.69) is 31.7 Å². The Morgan fingerprint density at radius 2 is 1.68 bits per heavy atom. The molecule has 3 aliphatic rings. The van der Waals surface area contributed by atoms with E-state index >= 15 is 0 Å². The van der Waals surface area contributed by atoms with Gasteiger partial charge in [0.15, 0.2) is 5.82 Å². The Kier molecular flexibility index (Phi) is 4.82. The molecule has 4 rings (SSSR count). The molecule has 2 bridgehead atoms. The molecule has 138 valence electrons. The maximum Gasteiger partial charge on any atom is 0.234 e. The van der Waals surface area contributed by atoms with Crippen molar-refractivity contribution >= 4 is 5.82 Å². The molecular weight excluding hydrogens is 314 g/mol. The number of piperidine rings is 1. The van der Waals surface area contributed by atoms with Gasteiger partial charge >= 0.3 is 0 Å². The number of ether oxygens (including phenoxy) is 1. The lowest BCUT2D eigenvalue weighted by atomic mass is 9.96. The molecule has 1 aromatic rings. The Bertz CT molecular complexity index is 573. The van der Waals surface area contributed by atoms with E-state index in [0.717, 1.165) is 50.1 Å². The molecule has 2 atom stereocenters. The van der Waals surface area contributed by atoms with Crippen molar-refractivity contribution in [2.45, 2.75) is 63.8 Å². The number of fused-ring (bicyclic) bond motifs is 2. The van der Waals surface area contributed by atoms with Crippen LogP contribution in [0.25, 0.3) is 0 Å². The first kappa shape index (κ1) is 17.0. The second kappa shape index (κ2) is 7.08. The van der Waals surface area contributed by atoms with Gasteiger partial charge in [-0.3, -0.25) is 9.88 Å². The number of nitrogens with zero attached hydrogens (tertiary/aromatic N) is 5. The number of anilines is 1.